The molecule has 150 valence electrons. The minimum absolute atomic E-state index is 0.00264. The average Bonchev–Trinajstić information content (AvgIpc) is 2.62. The zero-order chi connectivity index (χ0) is 20.4. The number of likely N-dealkylation sites (N-methyl/N-ethyl adjacent to an activating group) is 1. The third kappa shape index (κ3) is 8.15. The minimum atomic E-state index is -4.35. The van der Waals surface area contributed by atoms with Gasteiger partial charge in [0.05, 0.1) is 5.56 Å². The Balaban J connectivity index is 2.64. The van der Waals surface area contributed by atoms with Crippen molar-refractivity contribution >= 4 is 11.9 Å². The lowest BCUT2D eigenvalue weighted by molar-refractivity contribution is -0.137. The number of amides is 1. The third-order valence-corrected chi connectivity index (χ3v) is 3.94. The number of alkyl halides is 3. The Kier molecular flexibility index (Phi) is 8.84. The molecule has 0 aliphatic carbocycles. The van der Waals surface area contributed by atoms with Gasteiger partial charge in [0, 0.05) is 27.2 Å². The number of carbonyl (C=O) groups is 1. The minimum Gasteiger partial charge on any atom is -0.356 e. The number of guanidine groups is 1. The van der Waals surface area contributed by atoms with E-state index in [2.05, 4.69) is 22.2 Å². The van der Waals surface area contributed by atoms with Gasteiger partial charge < -0.3 is 15.5 Å². The topological polar surface area (TPSA) is 56.7 Å². The summed E-state index contributed by atoms with van der Waals surface area (Å²) in [5, 5.41) is 6.10. The molecule has 0 heterocycles. The molecule has 1 aromatic rings. The number of halogens is 3. The SMILES string of the molecule is C=CCNC(=NCC(=O)N(C)C)NCCC(C)c1cccc(C(F)(F)F)c1. The standard InChI is InChI=1S/C19H27F3N4O/c1-5-10-23-18(25-13-17(27)26(3)4)24-11-9-14(2)15-7-6-8-16(12-15)19(20,21)22/h5-8,12,14H,1,9-11,13H2,2-4H3,(H2,23,24,25). The molecule has 8 heteroatoms. The summed E-state index contributed by atoms with van der Waals surface area (Å²) in [5.74, 6) is 0.261. The summed E-state index contributed by atoms with van der Waals surface area (Å²) < 4.78 is 38.5. The maximum absolute atomic E-state index is 12.8. The van der Waals surface area contributed by atoms with Gasteiger partial charge in [-0.2, -0.15) is 13.2 Å². The predicted molar refractivity (Wildman–Crippen MR) is 102 cm³/mol. The fourth-order valence-corrected chi connectivity index (χ4v) is 2.23. The van der Waals surface area contributed by atoms with E-state index in [4.69, 9.17) is 0 Å². The summed E-state index contributed by atoms with van der Waals surface area (Å²) in [7, 11) is 3.30. The first-order valence-corrected chi connectivity index (χ1v) is 8.65. The normalized spacial score (nSPS) is 13.0. The molecule has 2 N–H and O–H groups in total. The van der Waals surface area contributed by atoms with Gasteiger partial charge in [-0.15, -0.1) is 6.58 Å². The molecule has 1 atom stereocenters. The Morgan fingerprint density at radius 2 is 2.04 bits per heavy atom. The van der Waals surface area contributed by atoms with Crippen molar-refractivity contribution in [3.05, 3.63) is 48.0 Å². The highest BCUT2D eigenvalue weighted by Crippen LogP contribution is 2.31. The van der Waals surface area contributed by atoms with E-state index in [9.17, 15) is 18.0 Å². The maximum Gasteiger partial charge on any atom is 0.416 e. The fourth-order valence-electron chi connectivity index (χ4n) is 2.23. The number of aliphatic imine (C=N–C) groups is 1. The predicted octanol–water partition coefficient (Wildman–Crippen LogP) is 3.01. The van der Waals surface area contributed by atoms with E-state index in [1.807, 2.05) is 6.92 Å². The van der Waals surface area contributed by atoms with E-state index in [1.54, 1.807) is 26.2 Å². The van der Waals surface area contributed by atoms with Gasteiger partial charge in [0.25, 0.3) is 0 Å². The van der Waals surface area contributed by atoms with Crippen molar-refractivity contribution in [2.24, 2.45) is 4.99 Å². The largest absolute Gasteiger partial charge is 0.416 e. The molecule has 1 amide bonds. The number of nitrogens with zero attached hydrogens (tertiary/aromatic N) is 2. The molecule has 0 radical (unpaired) electrons. The molecule has 0 aromatic heterocycles. The van der Waals surface area contributed by atoms with Crippen LogP contribution in [0.3, 0.4) is 0 Å². The summed E-state index contributed by atoms with van der Waals surface area (Å²) >= 11 is 0. The van der Waals surface area contributed by atoms with Crippen LogP contribution in [0.25, 0.3) is 0 Å². The van der Waals surface area contributed by atoms with Crippen LogP contribution < -0.4 is 10.6 Å². The maximum atomic E-state index is 12.8. The highest BCUT2D eigenvalue weighted by molar-refractivity contribution is 5.84. The molecule has 0 fully saturated rings. The molecular formula is C19H27F3N4O. The van der Waals surface area contributed by atoms with Crippen LogP contribution in [-0.4, -0.2) is 50.5 Å². The van der Waals surface area contributed by atoms with Crippen LogP contribution in [0.1, 0.15) is 30.4 Å². The van der Waals surface area contributed by atoms with E-state index in [0.717, 1.165) is 6.07 Å². The Morgan fingerprint density at radius 3 is 2.63 bits per heavy atom. The zero-order valence-electron chi connectivity index (χ0n) is 15.9. The Labute approximate surface area is 158 Å². The van der Waals surface area contributed by atoms with Crippen LogP contribution in [0.2, 0.25) is 0 Å². The molecule has 1 unspecified atom stereocenters. The lowest BCUT2D eigenvalue weighted by Crippen LogP contribution is -2.39. The Morgan fingerprint density at radius 1 is 1.33 bits per heavy atom. The van der Waals surface area contributed by atoms with Gasteiger partial charge in [0.1, 0.15) is 6.54 Å². The fraction of sp³-hybridized carbons (Fsp3) is 0.474. The van der Waals surface area contributed by atoms with Crippen LogP contribution in [0.5, 0.6) is 0 Å². The van der Waals surface area contributed by atoms with Gasteiger partial charge in [-0.1, -0.05) is 31.2 Å². The lowest BCUT2D eigenvalue weighted by Gasteiger charge is -2.16. The van der Waals surface area contributed by atoms with Crippen molar-refractivity contribution < 1.29 is 18.0 Å². The quantitative estimate of drug-likeness (QED) is 0.412. The zero-order valence-corrected chi connectivity index (χ0v) is 15.9. The Hall–Kier alpha value is -2.51. The summed E-state index contributed by atoms with van der Waals surface area (Å²) in [6.07, 6.45) is -2.07. The van der Waals surface area contributed by atoms with E-state index in [0.29, 0.717) is 31.0 Å². The number of nitrogens with one attached hydrogen (secondary N) is 2. The van der Waals surface area contributed by atoms with Gasteiger partial charge in [0.15, 0.2) is 5.96 Å². The van der Waals surface area contributed by atoms with Gasteiger partial charge >= 0.3 is 6.18 Å². The van der Waals surface area contributed by atoms with Crippen LogP contribution in [0.4, 0.5) is 13.2 Å². The summed E-state index contributed by atoms with van der Waals surface area (Å²) in [5.41, 5.74) is -0.0103. The number of hydrogen-bond acceptors (Lipinski definition) is 2. The van der Waals surface area contributed by atoms with Crippen LogP contribution in [0.15, 0.2) is 41.9 Å². The van der Waals surface area contributed by atoms with Crippen molar-refractivity contribution in [2.75, 3.05) is 33.7 Å². The smallest absolute Gasteiger partial charge is 0.356 e. The van der Waals surface area contributed by atoms with Crippen LogP contribution >= 0.6 is 0 Å². The highest BCUT2D eigenvalue weighted by atomic mass is 19.4. The van der Waals surface area contributed by atoms with Gasteiger partial charge in [0.2, 0.25) is 5.91 Å². The van der Waals surface area contributed by atoms with E-state index >= 15 is 0 Å². The van der Waals surface area contributed by atoms with Gasteiger partial charge in [-0.05, 0) is 24.0 Å². The number of rotatable bonds is 8. The first-order chi connectivity index (χ1) is 12.6. The van der Waals surface area contributed by atoms with Crippen molar-refractivity contribution in [3.8, 4) is 0 Å². The van der Waals surface area contributed by atoms with E-state index < -0.39 is 11.7 Å². The summed E-state index contributed by atoms with van der Waals surface area (Å²) in [6, 6.07) is 5.37. The summed E-state index contributed by atoms with van der Waals surface area (Å²) in [4.78, 5) is 17.3. The molecule has 27 heavy (non-hydrogen) atoms. The Bertz CT molecular complexity index is 657. The first-order valence-electron chi connectivity index (χ1n) is 8.65. The average molecular weight is 384 g/mol. The number of hydrogen-bond donors (Lipinski definition) is 2. The molecule has 1 aromatic carbocycles. The monoisotopic (exact) mass is 384 g/mol. The second-order valence-electron chi connectivity index (χ2n) is 6.36. The lowest BCUT2D eigenvalue weighted by atomic mass is 9.96. The van der Waals surface area contributed by atoms with Crippen LogP contribution in [0, 0.1) is 0 Å². The number of carbonyl (C=O) groups excluding carboxylic acids is 1. The second kappa shape index (κ2) is 10.6. The van der Waals surface area contributed by atoms with Crippen LogP contribution in [-0.2, 0) is 11.0 Å². The molecule has 1 rings (SSSR count). The van der Waals surface area contributed by atoms with Crippen molar-refractivity contribution in [2.45, 2.75) is 25.4 Å². The third-order valence-electron chi connectivity index (χ3n) is 3.94. The van der Waals surface area contributed by atoms with E-state index in [-0.39, 0.29) is 18.4 Å². The molecule has 0 saturated heterocycles. The van der Waals surface area contributed by atoms with Gasteiger partial charge in [-0.25, -0.2) is 4.99 Å². The number of benzene rings is 1. The molecule has 5 nitrogen and oxygen atoms in total. The highest BCUT2D eigenvalue weighted by Gasteiger charge is 2.30. The molecule has 0 bridgehead atoms. The molecule has 0 saturated carbocycles. The first kappa shape index (κ1) is 22.5. The summed E-state index contributed by atoms with van der Waals surface area (Å²) in [6.45, 7) is 6.47. The molecule has 0 aliphatic heterocycles. The molecule has 0 aliphatic rings. The van der Waals surface area contributed by atoms with Crippen molar-refractivity contribution in [1.82, 2.24) is 15.5 Å². The molecular weight excluding hydrogens is 357 g/mol. The second-order valence-corrected chi connectivity index (χ2v) is 6.36. The van der Waals surface area contributed by atoms with Crippen molar-refractivity contribution in [1.29, 1.82) is 0 Å². The van der Waals surface area contributed by atoms with Gasteiger partial charge in [-0.3, -0.25) is 4.79 Å². The van der Waals surface area contributed by atoms with Crippen molar-refractivity contribution in [3.63, 3.8) is 0 Å². The van der Waals surface area contributed by atoms with E-state index in [1.165, 1.54) is 17.0 Å². The molecule has 0 spiro atoms.